The summed E-state index contributed by atoms with van der Waals surface area (Å²) in [5, 5.41) is 2.16. The summed E-state index contributed by atoms with van der Waals surface area (Å²) >= 11 is 1.83. The summed E-state index contributed by atoms with van der Waals surface area (Å²) in [6.45, 7) is 13.0. The second-order valence-electron chi connectivity index (χ2n) is 5.17. The Morgan fingerprint density at radius 1 is 0.944 bits per heavy atom. The van der Waals surface area contributed by atoms with Gasteiger partial charge in [-0.1, -0.05) is 27.7 Å². The minimum Gasteiger partial charge on any atom is -0.469 e. The maximum absolute atomic E-state index is 5.13. The Balaban J connectivity index is 0.000000180. The number of thiophene rings is 1. The number of aryl methyl sites for hydroxylation is 2. The SMILES string of the molecule is Cc1occc1C(C)C.Cc1sccc1C(C)C. The molecule has 0 saturated heterocycles. The highest BCUT2D eigenvalue weighted by atomic mass is 32.1. The lowest BCUT2D eigenvalue weighted by molar-refractivity contribution is 0.527. The fraction of sp³-hybridized carbons (Fsp3) is 0.500. The lowest BCUT2D eigenvalue weighted by Gasteiger charge is -2.00. The van der Waals surface area contributed by atoms with Gasteiger partial charge in [-0.15, -0.1) is 11.3 Å². The minimum absolute atomic E-state index is 0.587. The van der Waals surface area contributed by atoms with Gasteiger partial charge in [-0.25, -0.2) is 0 Å². The van der Waals surface area contributed by atoms with Gasteiger partial charge in [-0.2, -0.15) is 0 Å². The van der Waals surface area contributed by atoms with Crippen LogP contribution in [-0.2, 0) is 0 Å². The van der Waals surface area contributed by atoms with E-state index in [0.29, 0.717) is 11.8 Å². The molecule has 0 N–H and O–H groups in total. The predicted octanol–water partition coefficient (Wildman–Crippen LogP) is 5.89. The molecule has 0 bridgehead atoms. The molecule has 0 saturated carbocycles. The molecule has 2 rings (SSSR count). The van der Waals surface area contributed by atoms with Crippen molar-refractivity contribution >= 4 is 11.3 Å². The van der Waals surface area contributed by atoms with Crippen LogP contribution in [0.4, 0.5) is 0 Å². The molecule has 100 valence electrons. The number of rotatable bonds is 2. The molecule has 0 spiro atoms. The smallest absolute Gasteiger partial charge is 0.104 e. The van der Waals surface area contributed by atoms with Crippen molar-refractivity contribution < 1.29 is 4.42 Å². The van der Waals surface area contributed by atoms with E-state index >= 15 is 0 Å². The van der Waals surface area contributed by atoms with Crippen LogP contribution in [0.1, 0.15) is 61.3 Å². The van der Waals surface area contributed by atoms with Gasteiger partial charge in [-0.05, 0) is 54.3 Å². The molecule has 2 aromatic heterocycles. The number of hydrogen-bond acceptors (Lipinski definition) is 2. The third-order valence-electron chi connectivity index (χ3n) is 3.04. The summed E-state index contributed by atoms with van der Waals surface area (Å²) in [6.07, 6.45) is 1.74. The van der Waals surface area contributed by atoms with Gasteiger partial charge in [0.25, 0.3) is 0 Å². The van der Waals surface area contributed by atoms with Crippen molar-refractivity contribution in [3.8, 4) is 0 Å². The van der Waals surface area contributed by atoms with Crippen LogP contribution in [0.3, 0.4) is 0 Å². The van der Waals surface area contributed by atoms with E-state index in [1.807, 2.05) is 24.3 Å². The van der Waals surface area contributed by atoms with Crippen LogP contribution >= 0.6 is 11.3 Å². The van der Waals surface area contributed by atoms with Crippen molar-refractivity contribution in [2.45, 2.75) is 53.4 Å². The molecular weight excluding hydrogens is 240 g/mol. The van der Waals surface area contributed by atoms with E-state index in [4.69, 9.17) is 4.42 Å². The monoisotopic (exact) mass is 264 g/mol. The Hall–Kier alpha value is -1.02. The van der Waals surface area contributed by atoms with Crippen LogP contribution in [0.2, 0.25) is 0 Å². The molecular formula is C16H24OS. The largest absolute Gasteiger partial charge is 0.469 e. The molecule has 0 aliphatic carbocycles. The summed E-state index contributed by atoms with van der Waals surface area (Å²) < 4.78 is 5.13. The summed E-state index contributed by atoms with van der Waals surface area (Å²) in [6, 6.07) is 4.24. The van der Waals surface area contributed by atoms with E-state index in [2.05, 4.69) is 46.1 Å². The van der Waals surface area contributed by atoms with Crippen molar-refractivity contribution in [2.75, 3.05) is 0 Å². The van der Waals surface area contributed by atoms with E-state index < -0.39 is 0 Å². The maximum Gasteiger partial charge on any atom is 0.104 e. The second kappa shape index (κ2) is 6.79. The number of furan rings is 1. The summed E-state index contributed by atoms with van der Waals surface area (Å²) in [5.41, 5.74) is 2.81. The van der Waals surface area contributed by atoms with Crippen LogP contribution in [0, 0.1) is 13.8 Å². The first-order valence-electron chi connectivity index (χ1n) is 6.51. The third kappa shape index (κ3) is 4.02. The van der Waals surface area contributed by atoms with Crippen LogP contribution in [0.5, 0.6) is 0 Å². The zero-order valence-corrected chi connectivity index (χ0v) is 13.1. The molecule has 0 aliphatic rings. The van der Waals surface area contributed by atoms with Crippen molar-refractivity contribution in [1.82, 2.24) is 0 Å². The van der Waals surface area contributed by atoms with E-state index in [0.717, 1.165) is 5.76 Å². The Morgan fingerprint density at radius 3 is 1.78 bits per heavy atom. The quantitative estimate of drug-likeness (QED) is 0.659. The molecule has 0 aliphatic heterocycles. The normalized spacial score (nSPS) is 10.7. The number of hydrogen-bond donors (Lipinski definition) is 0. The van der Waals surface area contributed by atoms with Gasteiger partial charge >= 0.3 is 0 Å². The first-order chi connectivity index (χ1) is 8.43. The second-order valence-corrected chi connectivity index (χ2v) is 6.29. The maximum atomic E-state index is 5.13. The first-order valence-corrected chi connectivity index (χ1v) is 7.39. The van der Waals surface area contributed by atoms with Gasteiger partial charge in [0.05, 0.1) is 6.26 Å². The fourth-order valence-corrected chi connectivity index (χ4v) is 2.85. The molecule has 1 nitrogen and oxygen atoms in total. The average Bonchev–Trinajstić information content (AvgIpc) is 2.87. The Kier molecular flexibility index (Phi) is 5.67. The molecule has 18 heavy (non-hydrogen) atoms. The minimum atomic E-state index is 0.587. The third-order valence-corrected chi connectivity index (χ3v) is 3.90. The van der Waals surface area contributed by atoms with Gasteiger partial charge in [0.1, 0.15) is 5.76 Å². The molecule has 2 aromatic rings. The van der Waals surface area contributed by atoms with Crippen LogP contribution in [0.25, 0.3) is 0 Å². The molecule has 2 heterocycles. The molecule has 0 amide bonds. The fourth-order valence-electron chi connectivity index (χ4n) is 1.99. The van der Waals surface area contributed by atoms with Crippen molar-refractivity contribution in [1.29, 1.82) is 0 Å². The van der Waals surface area contributed by atoms with Crippen LogP contribution in [-0.4, -0.2) is 0 Å². The zero-order valence-electron chi connectivity index (χ0n) is 12.3. The topological polar surface area (TPSA) is 13.1 Å². The predicted molar refractivity (Wildman–Crippen MR) is 80.7 cm³/mol. The Labute approximate surface area is 115 Å². The Morgan fingerprint density at radius 2 is 1.56 bits per heavy atom. The molecule has 2 heteroatoms. The van der Waals surface area contributed by atoms with Gasteiger partial charge in [0, 0.05) is 4.88 Å². The molecule has 0 unspecified atom stereocenters. The van der Waals surface area contributed by atoms with Crippen molar-refractivity contribution in [3.63, 3.8) is 0 Å². The van der Waals surface area contributed by atoms with Crippen molar-refractivity contribution in [3.05, 3.63) is 45.5 Å². The van der Waals surface area contributed by atoms with Gasteiger partial charge in [0.2, 0.25) is 0 Å². The highest BCUT2D eigenvalue weighted by Gasteiger charge is 2.03. The highest BCUT2D eigenvalue weighted by Crippen LogP contribution is 2.22. The molecule has 0 radical (unpaired) electrons. The van der Waals surface area contributed by atoms with Gasteiger partial charge in [-0.3, -0.25) is 0 Å². The average molecular weight is 264 g/mol. The van der Waals surface area contributed by atoms with Gasteiger partial charge < -0.3 is 4.42 Å². The Bertz CT molecular complexity index is 419. The first kappa shape index (κ1) is 15.0. The lowest BCUT2D eigenvalue weighted by atomic mass is 10.1. The van der Waals surface area contributed by atoms with E-state index in [1.165, 1.54) is 16.0 Å². The summed E-state index contributed by atoms with van der Waals surface area (Å²) in [7, 11) is 0. The highest BCUT2D eigenvalue weighted by molar-refractivity contribution is 7.10. The van der Waals surface area contributed by atoms with Crippen LogP contribution < -0.4 is 0 Å². The van der Waals surface area contributed by atoms with Crippen LogP contribution in [0.15, 0.2) is 28.2 Å². The standard InChI is InChI=1S/C8H12O.C8H12S/c2*1-6(2)8-4-5-9-7(8)3/h2*4-6H,1-3H3. The summed E-state index contributed by atoms with van der Waals surface area (Å²) in [4.78, 5) is 1.46. The van der Waals surface area contributed by atoms with Crippen molar-refractivity contribution in [2.24, 2.45) is 0 Å². The summed E-state index contributed by atoms with van der Waals surface area (Å²) in [5.74, 6) is 2.32. The lowest BCUT2D eigenvalue weighted by Crippen LogP contribution is -1.84. The van der Waals surface area contributed by atoms with E-state index in [-0.39, 0.29) is 0 Å². The molecule has 0 aromatic carbocycles. The zero-order chi connectivity index (χ0) is 13.7. The molecule has 0 atom stereocenters. The van der Waals surface area contributed by atoms with Gasteiger partial charge in [0.15, 0.2) is 0 Å². The molecule has 0 fully saturated rings. The van der Waals surface area contributed by atoms with E-state index in [1.54, 1.807) is 6.26 Å². The van der Waals surface area contributed by atoms with E-state index in [9.17, 15) is 0 Å².